The summed E-state index contributed by atoms with van der Waals surface area (Å²) in [5.74, 6) is -0.0271. The number of amides is 1. The van der Waals surface area contributed by atoms with Crippen molar-refractivity contribution in [2.45, 2.75) is 6.92 Å². The van der Waals surface area contributed by atoms with Gasteiger partial charge in [-0.2, -0.15) is 0 Å². The van der Waals surface area contributed by atoms with Crippen LogP contribution in [0.1, 0.15) is 15.9 Å². The van der Waals surface area contributed by atoms with Gasteiger partial charge in [-0.1, -0.05) is 6.07 Å². The number of nitrogens with zero attached hydrogens (tertiary/aromatic N) is 2. The lowest BCUT2D eigenvalue weighted by molar-refractivity contribution is -0.385. The smallest absolute Gasteiger partial charge is 0.273 e. The number of anilines is 1. The van der Waals surface area contributed by atoms with Gasteiger partial charge in [0, 0.05) is 27.0 Å². The van der Waals surface area contributed by atoms with Gasteiger partial charge >= 0.3 is 0 Å². The van der Waals surface area contributed by atoms with Crippen LogP contribution in [-0.2, 0) is 0 Å². The van der Waals surface area contributed by atoms with Crippen molar-refractivity contribution in [1.29, 1.82) is 0 Å². The number of rotatable bonds is 3. The van der Waals surface area contributed by atoms with Gasteiger partial charge in [0.2, 0.25) is 0 Å². The number of aromatic nitrogens is 1. The van der Waals surface area contributed by atoms with Gasteiger partial charge in [-0.25, -0.2) is 4.98 Å². The highest BCUT2D eigenvalue weighted by Gasteiger charge is 2.18. The summed E-state index contributed by atoms with van der Waals surface area (Å²) >= 11 is 7.18. The number of nitrogens with one attached hydrogen (secondary N) is 2. The molecule has 0 aliphatic heterocycles. The second kappa shape index (κ2) is 7.42. The zero-order valence-corrected chi connectivity index (χ0v) is 14.8. The minimum Gasteiger partial charge on any atom is -0.317 e. The Morgan fingerprint density at radius 2 is 2.09 bits per heavy atom. The first-order valence-electron chi connectivity index (χ1n) is 6.36. The van der Waals surface area contributed by atoms with Crippen LogP contribution in [0, 0.1) is 20.6 Å². The van der Waals surface area contributed by atoms with Gasteiger partial charge in [-0.15, -0.1) is 0 Å². The lowest BCUT2D eigenvalue weighted by Crippen LogP contribution is -2.34. The van der Waals surface area contributed by atoms with E-state index in [1.807, 2.05) is 6.07 Å². The Morgan fingerprint density at radius 1 is 1.35 bits per heavy atom. The number of thiocarbonyl (C=S) groups is 1. The third-order valence-electron chi connectivity index (χ3n) is 2.94. The normalized spacial score (nSPS) is 10.0. The molecule has 118 valence electrons. The summed E-state index contributed by atoms with van der Waals surface area (Å²) in [5, 5.41) is 16.2. The van der Waals surface area contributed by atoms with E-state index in [4.69, 9.17) is 12.2 Å². The molecule has 0 aliphatic rings. The summed E-state index contributed by atoms with van der Waals surface area (Å²) in [6, 6.07) is 7.86. The number of hydrogen-bond acceptors (Lipinski definition) is 5. The first-order valence-corrected chi connectivity index (χ1v) is 7.85. The zero-order chi connectivity index (χ0) is 17.0. The van der Waals surface area contributed by atoms with Crippen molar-refractivity contribution in [2.75, 3.05) is 5.32 Å². The third kappa shape index (κ3) is 4.42. The van der Waals surface area contributed by atoms with Crippen molar-refractivity contribution in [3.63, 3.8) is 0 Å². The second-order valence-electron chi connectivity index (χ2n) is 4.48. The van der Waals surface area contributed by atoms with Crippen LogP contribution < -0.4 is 10.6 Å². The molecule has 0 saturated carbocycles. The van der Waals surface area contributed by atoms with E-state index in [0.717, 1.165) is 3.57 Å². The van der Waals surface area contributed by atoms with Crippen molar-refractivity contribution in [3.8, 4) is 0 Å². The fraction of sp³-hybridized carbons (Fsp3) is 0.0714. The molecule has 2 aromatic rings. The SMILES string of the molecule is Cc1c(C(=O)NC(=S)Nc2ccc(I)cn2)cccc1[N+](=O)[O-]. The maximum atomic E-state index is 12.2. The molecule has 23 heavy (non-hydrogen) atoms. The van der Waals surface area contributed by atoms with Gasteiger partial charge in [0.25, 0.3) is 11.6 Å². The van der Waals surface area contributed by atoms with Crippen LogP contribution >= 0.6 is 34.8 Å². The largest absolute Gasteiger partial charge is 0.317 e. The van der Waals surface area contributed by atoms with Crippen LogP contribution in [-0.4, -0.2) is 20.9 Å². The van der Waals surface area contributed by atoms with Crippen LogP contribution in [0.4, 0.5) is 11.5 Å². The van der Waals surface area contributed by atoms with Crippen molar-refractivity contribution >= 4 is 57.3 Å². The quantitative estimate of drug-likeness (QED) is 0.328. The van der Waals surface area contributed by atoms with E-state index in [-0.39, 0.29) is 21.9 Å². The van der Waals surface area contributed by atoms with E-state index in [1.54, 1.807) is 12.3 Å². The average molecular weight is 442 g/mol. The second-order valence-corrected chi connectivity index (χ2v) is 6.13. The third-order valence-corrected chi connectivity index (χ3v) is 3.78. The Bertz CT molecular complexity index is 780. The van der Waals surface area contributed by atoms with E-state index in [0.29, 0.717) is 5.82 Å². The number of nitro groups is 1. The number of nitro benzene ring substituents is 1. The van der Waals surface area contributed by atoms with Crippen LogP contribution in [0.2, 0.25) is 0 Å². The summed E-state index contributed by atoms with van der Waals surface area (Å²) in [5.41, 5.74) is 0.361. The van der Waals surface area contributed by atoms with Crippen LogP contribution in [0.5, 0.6) is 0 Å². The number of carbonyl (C=O) groups is 1. The highest BCUT2D eigenvalue weighted by Crippen LogP contribution is 2.20. The number of halogens is 1. The minimum absolute atomic E-state index is 0.0645. The molecule has 2 rings (SSSR count). The van der Waals surface area contributed by atoms with E-state index in [1.165, 1.54) is 25.1 Å². The molecular weight excluding hydrogens is 431 g/mol. The molecule has 0 bridgehead atoms. The maximum absolute atomic E-state index is 12.2. The first kappa shape index (κ1) is 17.2. The Balaban J connectivity index is 2.10. The van der Waals surface area contributed by atoms with E-state index < -0.39 is 10.8 Å². The molecule has 1 aromatic carbocycles. The molecule has 0 fully saturated rings. The standard InChI is InChI=1S/C14H11IN4O3S/c1-8-10(3-2-4-11(8)19(21)22)13(20)18-14(23)17-12-6-5-9(15)7-16-12/h2-7H,1H3,(H2,16,17,18,20,23). The van der Waals surface area contributed by atoms with Gasteiger partial charge in [0.1, 0.15) is 5.82 Å². The Morgan fingerprint density at radius 3 is 2.70 bits per heavy atom. The lowest BCUT2D eigenvalue weighted by atomic mass is 10.1. The Kier molecular flexibility index (Phi) is 5.55. The predicted octanol–water partition coefficient (Wildman–Crippen LogP) is 3.03. The monoisotopic (exact) mass is 442 g/mol. The lowest BCUT2D eigenvalue weighted by Gasteiger charge is -2.10. The fourth-order valence-electron chi connectivity index (χ4n) is 1.84. The summed E-state index contributed by atoms with van der Waals surface area (Å²) in [4.78, 5) is 26.7. The number of carbonyl (C=O) groups excluding carboxylic acids is 1. The van der Waals surface area contributed by atoms with E-state index >= 15 is 0 Å². The number of benzene rings is 1. The van der Waals surface area contributed by atoms with Gasteiger partial charge in [0.15, 0.2) is 5.11 Å². The molecule has 0 radical (unpaired) electrons. The molecular formula is C14H11IN4O3S. The number of hydrogen-bond donors (Lipinski definition) is 2. The van der Waals surface area contributed by atoms with Crippen LogP contribution in [0.25, 0.3) is 0 Å². The van der Waals surface area contributed by atoms with Crippen molar-refractivity contribution in [1.82, 2.24) is 10.3 Å². The molecule has 9 heteroatoms. The Hall–Kier alpha value is -2.14. The molecule has 0 spiro atoms. The molecule has 0 aliphatic carbocycles. The molecule has 7 nitrogen and oxygen atoms in total. The van der Waals surface area contributed by atoms with Crippen molar-refractivity contribution in [3.05, 3.63) is 61.3 Å². The van der Waals surface area contributed by atoms with Gasteiger partial charge in [0.05, 0.1) is 4.92 Å². The van der Waals surface area contributed by atoms with Crippen molar-refractivity contribution < 1.29 is 9.72 Å². The predicted molar refractivity (Wildman–Crippen MR) is 98.5 cm³/mol. The molecule has 0 atom stereocenters. The maximum Gasteiger partial charge on any atom is 0.273 e. The first-order chi connectivity index (χ1) is 10.9. The molecule has 1 aromatic heterocycles. The summed E-state index contributed by atoms with van der Waals surface area (Å²) < 4.78 is 0.968. The fourth-order valence-corrected chi connectivity index (χ4v) is 2.35. The topological polar surface area (TPSA) is 97.2 Å². The number of pyridine rings is 1. The summed E-state index contributed by atoms with van der Waals surface area (Å²) in [7, 11) is 0. The van der Waals surface area contributed by atoms with Gasteiger partial charge < -0.3 is 5.32 Å². The van der Waals surface area contributed by atoms with Crippen LogP contribution in [0.15, 0.2) is 36.5 Å². The molecule has 0 saturated heterocycles. The van der Waals surface area contributed by atoms with E-state index in [2.05, 4.69) is 38.2 Å². The highest BCUT2D eigenvalue weighted by molar-refractivity contribution is 14.1. The minimum atomic E-state index is -0.530. The van der Waals surface area contributed by atoms with Crippen LogP contribution in [0.3, 0.4) is 0 Å². The van der Waals surface area contributed by atoms with Crippen molar-refractivity contribution in [2.24, 2.45) is 0 Å². The van der Waals surface area contributed by atoms with E-state index in [9.17, 15) is 14.9 Å². The average Bonchev–Trinajstić information content (AvgIpc) is 2.49. The molecule has 1 heterocycles. The highest BCUT2D eigenvalue weighted by atomic mass is 127. The zero-order valence-electron chi connectivity index (χ0n) is 11.9. The van der Waals surface area contributed by atoms with Gasteiger partial charge in [-0.3, -0.25) is 20.2 Å². The Labute approximate surface area is 150 Å². The molecule has 0 unspecified atom stereocenters. The molecule has 2 N–H and O–H groups in total. The molecule has 1 amide bonds. The summed E-state index contributed by atoms with van der Waals surface area (Å²) in [6.45, 7) is 1.52. The summed E-state index contributed by atoms with van der Waals surface area (Å²) in [6.07, 6.45) is 1.65. The van der Waals surface area contributed by atoms with Gasteiger partial charge in [-0.05, 0) is 59.9 Å².